The first-order chi connectivity index (χ1) is 14.1. The number of aromatic nitrogens is 2. The number of anilines is 1. The van der Waals surface area contributed by atoms with Crippen LogP contribution in [-0.2, 0) is 22.4 Å². The summed E-state index contributed by atoms with van der Waals surface area (Å²) < 4.78 is 12.8. The number of thiophene rings is 1. The Kier molecular flexibility index (Phi) is 5.53. The zero-order valence-electron chi connectivity index (χ0n) is 16.5. The predicted molar refractivity (Wildman–Crippen MR) is 111 cm³/mol. The fourth-order valence-corrected chi connectivity index (χ4v) is 4.90. The van der Waals surface area contributed by atoms with Gasteiger partial charge in [0.05, 0.1) is 17.9 Å². The third-order valence-electron chi connectivity index (χ3n) is 4.83. The summed E-state index contributed by atoms with van der Waals surface area (Å²) in [4.78, 5) is 30.6. The molecule has 0 atom stereocenters. The Balaban J connectivity index is 1.51. The predicted octanol–water partition coefficient (Wildman–Crippen LogP) is 3.78. The van der Waals surface area contributed by atoms with E-state index in [1.165, 1.54) is 11.3 Å². The standard InChI is InChI=1S/C21H23N3O4S/c1-3-27-21(26)18-14-7-4-5-9-16(14)29-20(18)23-17(25)12-28-15-8-6-10-24-11-13(2)22-19(15)24/h6,8,10-11H,3-5,7,9,12H2,1-2H3,(H,23,25). The number of hydrogen-bond donors (Lipinski definition) is 1. The third-order valence-corrected chi connectivity index (χ3v) is 6.04. The van der Waals surface area contributed by atoms with Crippen molar-refractivity contribution in [3.05, 3.63) is 46.2 Å². The first kappa shape index (κ1) is 19.4. The molecule has 1 amide bonds. The molecule has 152 valence electrons. The molecule has 0 fully saturated rings. The lowest BCUT2D eigenvalue weighted by atomic mass is 9.95. The monoisotopic (exact) mass is 413 g/mol. The molecule has 0 saturated heterocycles. The maximum absolute atomic E-state index is 12.6. The summed E-state index contributed by atoms with van der Waals surface area (Å²) in [6.45, 7) is 3.81. The first-order valence-corrected chi connectivity index (χ1v) is 10.6. The highest BCUT2D eigenvalue weighted by atomic mass is 32.1. The molecule has 0 aliphatic heterocycles. The number of carbonyl (C=O) groups excluding carboxylic acids is 2. The van der Waals surface area contributed by atoms with Crippen LogP contribution in [0.2, 0.25) is 0 Å². The van der Waals surface area contributed by atoms with Crippen LogP contribution in [0.4, 0.5) is 5.00 Å². The smallest absolute Gasteiger partial charge is 0.341 e. The molecule has 1 aliphatic carbocycles. The number of ether oxygens (including phenoxy) is 2. The molecule has 8 heteroatoms. The van der Waals surface area contributed by atoms with E-state index in [9.17, 15) is 9.59 Å². The summed E-state index contributed by atoms with van der Waals surface area (Å²) in [5.74, 6) is -0.160. The van der Waals surface area contributed by atoms with Crippen molar-refractivity contribution in [2.45, 2.75) is 39.5 Å². The van der Waals surface area contributed by atoms with E-state index in [2.05, 4.69) is 10.3 Å². The highest BCUT2D eigenvalue weighted by Crippen LogP contribution is 2.38. The van der Waals surface area contributed by atoms with Crippen molar-refractivity contribution in [1.82, 2.24) is 9.38 Å². The highest BCUT2D eigenvalue weighted by molar-refractivity contribution is 7.17. The summed E-state index contributed by atoms with van der Waals surface area (Å²) >= 11 is 1.47. The average Bonchev–Trinajstić information content (AvgIpc) is 3.25. The van der Waals surface area contributed by atoms with Gasteiger partial charge in [-0.2, -0.15) is 0 Å². The number of amides is 1. The summed E-state index contributed by atoms with van der Waals surface area (Å²) in [7, 11) is 0. The van der Waals surface area contributed by atoms with Gasteiger partial charge >= 0.3 is 5.97 Å². The molecule has 0 aromatic carbocycles. The van der Waals surface area contributed by atoms with Crippen molar-refractivity contribution in [3.63, 3.8) is 0 Å². The molecular formula is C21H23N3O4S. The van der Waals surface area contributed by atoms with Crippen molar-refractivity contribution in [2.24, 2.45) is 0 Å². The van der Waals surface area contributed by atoms with Crippen molar-refractivity contribution in [1.29, 1.82) is 0 Å². The minimum atomic E-state index is -0.374. The Hall–Kier alpha value is -2.87. The molecule has 0 unspecified atom stereocenters. The average molecular weight is 413 g/mol. The Morgan fingerprint density at radius 1 is 1.31 bits per heavy atom. The van der Waals surface area contributed by atoms with Gasteiger partial charge in [0.25, 0.3) is 5.91 Å². The molecule has 0 radical (unpaired) electrons. The van der Waals surface area contributed by atoms with Gasteiger partial charge in [-0.25, -0.2) is 9.78 Å². The van der Waals surface area contributed by atoms with E-state index in [1.807, 2.05) is 29.8 Å². The fraction of sp³-hybridized carbons (Fsp3) is 0.381. The molecule has 3 aromatic rings. The zero-order valence-corrected chi connectivity index (χ0v) is 17.3. The Morgan fingerprint density at radius 2 is 2.14 bits per heavy atom. The number of carbonyl (C=O) groups is 2. The number of esters is 1. The van der Waals surface area contributed by atoms with Gasteiger partial charge in [-0.3, -0.25) is 4.79 Å². The number of hydrogen-bond acceptors (Lipinski definition) is 6. The molecule has 1 aliphatic rings. The minimum absolute atomic E-state index is 0.170. The van der Waals surface area contributed by atoms with E-state index in [4.69, 9.17) is 9.47 Å². The van der Waals surface area contributed by atoms with Gasteiger partial charge in [-0.15, -0.1) is 11.3 Å². The highest BCUT2D eigenvalue weighted by Gasteiger charge is 2.27. The van der Waals surface area contributed by atoms with E-state index >= 15 is 0 Å². The van der Waals surface area contributed by atoms with Gasteiger partial charge in [0, 0.05) is 17.3 Å². The van der Waals surface area contributed by atoms with E-state index in [1.54, 1.807) is 13.0 Å². The molecule has 3 aromatic heterocycles. The Labute approximate surface area is 172 Å². The number of rotatable bonds is 6. The Bertz CT molecular complexity index is 1070. The number of imidazole rings is 1. The molecule has 1 N–H and O–H groups in total. The topological polar surface area (TPSA) is 81.9 Å². The molecule has 7 nitrogen and oxygen atoms in total. The number of nitrogens with zero attached hydrogens (tertiary/aromatic N) is 2. The van der Waals surface area contributed by atoms with E-state index in [-0.39, 0.29) is 18.5 Å². The summed E-state index contributed by atoms with van der Waals surface area (Å²) in [5.41, 5.74) is 3.06. The molecule has 0 saturated carbocycles. The van der Waals surface area contributed by atoms with E-state index in [0.717, 1.165) is 41.8 Å². The second kappa shape index (κ2) is 8.24. The van der Waals surface area contributed by atoms with Crippen LogP contribution in [0.5, 0.6) is 5.75 Å². The summed E-state index contributed by atoms with van der Waals surface area (Å²) in [6.07, 6.45) is 7.68. The normalized spacial score (nSPS) is 13.2. The van der Waals surface area contributed by atoms with Crippen LogP contribution in [0, 0.1) is 6.92 Å². The fourth-order valence-electron chi connectivity index (χ4n) is 3.60. The van der Waals surface area contributed by atoms with Crippen LogP contribution in [0.3, 0.4) is 0 Å². The quantitative estimate of drug-likeness (QED) is 0.622. The second-order valence-corrected chi connectivity index (χ2v) is 8.06. The second-order valence-electron chi connectivity index (χ2n) is 6.96. The van der Waals surface area contributed by atoms with Gasteiger partial charge in [-0.1, -0.05) is 0 Å². The van der Waals surface area contributed by atoms with Crippen LogP contribution in [-0.4, -0.2) is 34.5 Å². The summed E-state index contributed by atoms with van der Waals surface area (Å²) in [5, 5.41) is 3.41. The molecular weight excluding hydrogens is 390 g/mol. The molecule has 0 spiro atoms. The number of fused-ring (bicyclic) bond motifs is 2. The number of pyridine rings is 1. The van der Waals surface area contributed by atoms with Crippen LogP contribution < -0.4 is 10.1 Å². The van der Waals surface area contributed by atoms with Crippen molar-refractivity contribution < 1.29 is 19.1 Å². The first-order valence-electron chi connectivity index (χ1n) is 9.75. The SMILES string of the molecule is CCOC(=O)c1c(NC(=O)COc2cccn3cc(C)nc23)sc2c1CCCC2. The van der Waals surface area contributed by atoms with Crippen LogP contribution in [0.15, 0.2) is 24.5 Å². The largest absolute Gasteiger partial charge is 0.480 e. The maximum atomic E-state index is 12.6. The molecule has 29 heavy (non-hydrogen) atoms. The molecule has 4 rings (SSSR count). The third kappa shape index (κ3) is 3.98. The van der Waals surface area contributed by atoms with Crippen molar-refractivity contribution in [2.75, 3.05) is 18.5 Å². The van der Waals surface area contributed by atoms with Crippen LogP contribution in [0.1, 0.15) is 46.3 Å². The van der Waals surface area contributed by atoms with E-state index in [0.29, 0.717) is 28.6 Å². The van der Waals surface area contributed by atoms with Crippen LogP contribution >= 0.6 is 11.3 Å². The maximum Gasteiger partial charge on any atom is 0.341 e. The molecule has 0 bridgehead atoms. The zero-order chi connectivity index (χ0) is 20.4. The van der Waals surface area contributed by atoms with Gasteiger partial charge in [0.2, 0.25) is 0 Å². The minimum Gasteiger partial charge on any atom is -0.480 e. The van der Waals surface area contributed by atoms with Gasteiger partial charge in [-0.05, 0) is 57.2 Å². The van der Waals surface area contributed by atoms with Gasteiger partial charge in [0.15, 0.2) is 18.0 Å². The van der Waals surface area contributed by atoms with Crippen molar-refractivity contribution in [3.8, 4) is 5.75 Å². The van der Waals surface area contributed by atoms with Gasteiger partial charge < -0.3 is 19.2 Å². The summed E-state index contributed by atoms with van der Waals surface area (Å²) in [6, 6.07) is 3.62. The number of aryl methyl sites for hydroxylation is 2. The van der Waals surface area contributed by atoms with Crippen LogP contribution in [0.25, 0.3) is 5.65 Å². The number of nitrogens with one attached hydrogen (secondary N) is 1. The lowest BCUT2D eigenvalue weighted by Gasteiger charge is -2.12. The lowest BCUT2D eigenvalue weighted by Crippen LogP contribution is -2.21. The lowest BCUT2D eigenvalue weighted by molar-refractivity contribution is -0.118. The Morgan fingerprint density at radius 3 is 2.97 bits per heavy atom. The molecule has 3 heterocycles. The van der Waals surface area contributed by atoms with Crippen molar-refractivity contribution >= 4 is 33.9 Å². The van der Waals surface area contributed by atoms with Gasteiger partial charge in [0.1, 0.15) is 5.00 Å². The van der Waals surface area contributed by atoms with E-state index < -0.39 is 0 Å².